The minimum atomic E-state index is -0.317. The normalized spacial score (nSPS) is 13.7. The third kappa shape index (κ3) is 2.49. The molecule has 1 aromatic heterocycles. The second-order valence-electron chi connectivity index (χ2n) is 8.33. The molecule has 0 saturated carbocycles. The average molecular weight is 424 g/mol. The summed E-state index contributed by atoms with van der Waals surface area (Å²) < 4.78 is 7.44. The highest BCUT2D eigenvalue weighted by Crippen LogP contribution is 2.48. The number of amides is 1. The Labute approximate surface area is 183 Å². The van der Waals surface area contributed by atoms with Gasteiger partial charge in [-0.2, -0.15) is 0 Å². The molecule has 6 nitrogen and oxygen atoms in total. The lowest BCUT2D eigenvalue weighted by atomic mass is 9.92. The molecule has 2 heterocycles. The molecule has 0 saturated heterocycles. The number of benzene rings is 3. The molecule has 0 spiro atoms. The van der Waals surface area contributed by atoms with Crippen molar-refractivity contribution in [2.75, 3.05) is 6.61 Å². The van der Waals surface area contributed by atoms with E-state index < -0.39 is 0 Å². The van der Waals surface area contributed by atoms with Crippen molar-refractivity contribution < 1.29 is 19.1 Å². The van der Waals surface area contributed by atoms with Crippen molar-refractivity contribution >= 4 is 40.0 Å². The highest BCUT2D eigenvalue weighted by Gasteiger charge is 2.35. The van der Waals surface area contributed by atoms with E-state index in [1.54, 1.807) is 6.07 Å². The maximum atomic E-state index is 13.0. The second kappa shape index (κ2) is 6.79. The molecular weight excluding hydrogens is 404 g/mol. The molecule has 0 atom stereocenters. The predicted octanol–water partition coefficient (Wildman–Crippen LogP) is 3.98. The molecule has 6 rings (SSSR count). The van der Waals surface area contributed by atoms with Crippen LogP contribution in [0.25, 0.3) is 32.9 Å². The molecule has 32 heavy (non-hydrogen) atoms. The second-order valence-corrected chi connectivity index (χ2v) is 8.33. The van der Waals surface area contributed by atoms with Crippen LogP contribution in [0.3, 0.4) is 0 Å². The summed E-state index contributed by atoms with van der Waals surface area (Å²) in [6, 6.07) is 13.8. The Balaban J connectivity index is 1.75. The molecule has 0 bridgehead atoms. The Morgan fingerprint density at radius 2 is 2.00 bits per heavy atom. The first-order valence-electron chi connectivity index (χ1n) is 10.7. The van der Waals surface area contributed by atoms with E-state index in [0.717, 1.165) is 62.3 Å². The van der Waals surface area contributed by atoms with Crippen LogP contribution in [0.5, 0.6) is 0 Å². The smallest absolute Gasteiger partial charge is 0.302 e. The highest BCUT2D eigenvalue weighted by molar-refractivity contribution is 6.20. The number of carbonyl (C=O) groups is 3. The first-order valence-corrected chi connectivity index (χ1v) is 10.7. The van der Waals surface area contributed by atoms with Gasteiger partial charge >= 0.3 is 5.97 Å². The third-order valence-corrected chi connectivity index (χ3v) is 6.59. The van der Waals surface area contributed by atoms with Gasteiger partial charge in [0.15, 0.2) is 0 Å². The van der Waals surface area contributed by atoms with Crippen LogP contribution in [0.15, 0.2) is 42.5 Å². The van der Waals surface area contributed by atoms with Crippen molar-refractivity contribution in [2.45, 2.75) is 26.4 Å². The molecule has 158 valence electrons. The molecule has 0 radical (unpaired) electrons. The van der Waals surface area contributed by atoms with E-state index in [2.05, 4.69) is 22.0 Å². The van der Waals surface area contributed by atoms with Gasteiger partial charge in [0.1, 0.15) is 12.9 Å². The Kier molecular flexibility index (Phi) is 3.99. The quantitative estimate of drug-likeness (QED) is 0.350. The Morgan fingerprint density at radius 1 is 1.16 bits per heavy atom. The minimum absolute atomic E-state index is 0.0535. The van der Waals surface area contributed by atoms with E-state index >= 15 is 0 Å². The van der Waals surface area contributed by atoms with Crippen molar-refractivity contribution in [2.24, 2.45) is 0 Å². The molecular formula is C26H20N2O4. The molecule has 3 aromatic carbocycles. The molecule has 1 N–H and O–H groups in total. The lowest BCUT2D eigenvalue weighted by Crippen LogP contribution is -2.13. The van der Waals surface area contributed by atoms with Gasteiger partial charge in [-0.15, -0.1) is 0 Å². The number of aromatic nitrogens is 1. The maximum absolute atomic E-state index is 13.0. The van der Waals surface area contributed by atoms with Crippen molar-refractivity contribution in [3.05, 3.63) is 70.3 Å². The summed E-state index contributed by atoms with van der Waals surface area (Å²) in [5, 5.41) is 4.96. The van der Waals surface area contributed by atoms with Crippen molar-refractivity contribution in [1.29, 1.82) is 0 Å². The summed E-state index contributed by atoms with van der Waals surface area (Å²) in [5.41, 5.74) is 8.73. The number of nitrogens with zero attached hydrogens (tertiary/aromatic N) is 1. The number of fused-ring (bicyclic) bond motifs is 10. The SMILES string of the molecule is CC(=O)OCCn1c2ccc(C=O)cc2c2c3c(c4c(c21)Cc1ccccc1-4)C(=O)NC3. The fourth-order valence-electron chi connectivity index (χ4n) is 5.39. The number of nitrogens with one attached hydrogen (secondary N) is 1. The topological polar surface area (TPSA) is 77.4 Å². The summed E-state index contributed by atoms with van der Waals surface area (Å²) >= 11 is 0. The number of hydrogen-bond donors (Lipinski definition) is 1. The van der Waals surface area contributed by atoms with E-state index in [1.807, 2.05) is 24.3 Å². The van der Waals surface area contributed by atoms with Crippen LogP contribution < -0.4 is 5.32 Å². The van der Waals surface area contributed by atoms with E-state index in [-0.39, 0.29) is 18.5 Å². The van der Waals surface area contributed by atoms with Gasteiger partial charge in [0, 0.05) is 47.3 Å². The van der Waals surface area contributed by atoms with E-state index in [0.29, 0.717) is 18.7 Å². The minimum Gasteiger partial charge on any atom is -0.464 e. The van der Waals surface area contributed by atoms with Crippen LogP contribution in [0.4, 0.5) is 0 Å². The van der Waals surface area contributed by atoms with Crippen LogP contribution in [-0.2, 0) is 29.0 Å². The largest absolute Gasteiger partial charge is 0.464 e. The van der Waals surface area contributed by atoms with Gasteiger partial charge in [0.05, 0.1) is 17.6 Å². The zero-order chi connectivity index (χ0) is 22.0. The standard InChI is InChI=1S/C26H20N2O4/c1-14(30)32-9-8-28-21-7-6-15(13-29)10-18(21)23-20-12-27-26(31)24(20)22-17-5-3-2-4-16(17)11-19(22)25(23)28/h2-7,10,13H,8-9,11-12H2,1H3,(H,27,31). The van der Waals surface area contributed by atoms with Gasteiger partial charge in [-0.05, 0) is 40.5 Å². The summed E-state index contributed by atoms with van der Waals surface area (Å²) in [5.74, 6) is -0.371. The maximum Gasteiger partial charge on any atom is 0.302 e. The van der Waals surface area contributed by atoms with Crippen molar-refractivity contribution in [3.63, 3.8) is 0 Å². The number of aldehydes is 1. The monoisotopic (exact) mass is 424 g/mol. The summed E-state index contributed by atoms with van der Waals surface area (Å²) in [6.07, 6.45) is 1.57. The molecule has 1 amide bonds. The van der Waals surface area contributed by atoms with Gasteiger partial charge in [-0.1, -0.05) is 24.3 Å². The molecule has 4 aromatic rings. The number of carbonyl (C=O) groups excluding carboxylic acids is 3. The summed E-state index contributed by atoms with van der Waals surface area (Å²) in [6.45, 7) is 2.60. The number of hydrogen-bond acceptors (Lipinski definition) is 4. The lowest BCUT2D eigenvalue weighted by molar-refractivity contribution is -0.141. The fraction of sp³-hybridized carbons (Fsp3) is 0.192. The van der Waals surface area contributed by atoms with E-state index in [1.165, 1.54) is 12.5 Å². The van der Waals surface area contributed by atoms with Crippen LogP contribution in [0, 0.1) is 0 Å². The zero-order valence-electron chi connectivity index (χ0n) is 17.5. The molecule has 0 unspecified atom stereocenters. The Bertz CT molecular complexity index is 1500. The lowest BCUT2D eigenvalue weighted by Gasteiger charge is -2.13. The van der Waals surface area contributed by atoms with Gasteiger partial charge < -0.3 is 14.6 Å². The van der Waals surface area contributed by atoms with Crippen molar-refractivity contribution in [1.82, 2.24) is 9.88 Å². The predicted molar refractivity (Wildman–Crippen MR) is 121 cm³/mol. The summed E-state index contributed by atoms with van der Waals surface area (Å²) in [4.78, 5) is 35.9. The highest BCUT2D eigenvalue weighted by atomic mass is 16.5. The fourth-order valence-corrected chi connectivity index (χ4v) is 5.39. The molecule has 1 aliphatic heterocycles. The first kappa shape index (κ1) is 18.8. The van der Waals surface area contributed by atoms with Crippen LogP contribution in [0.1, 0.15) is 44.3 Å². The van der Waals surface area contributed by atoms with Gasteiger partial charge in [0.2, 0.25) is 0 Å². The molecule has 6 heteroatoms. The van der Waals surface area contributed by atoms with E-state index in [4.69, 9.17) is 4.74 Å². The number of esters is 1. The Morgan fingerprint density at radius 3 is 2.81 bits per heavy atom. The van der Waals surface area contributed by atoms with Gasteiger partial charge in [-0.3, -0.25) is 14.4 Å². The zero-order valence-corrected chi connectivity index (χ0v) is 17.5. The van der Waals surface area contributed by atoms with Crippen LogP contribution in [0.2, 0.25) is 0 Å². The molecule has 2 aliphatic rings. The third-order valence-electron chi connectivity index (χ3n) is 6.59. The molecule has 0 fully saturated rings. The van der Waals surface area contributed by atoms with Gasteiger partial charge in [0.25, 0.3) is 5.91 Å². The van der Waals surface area contributed by atoms with Gasteiger partial charge in [-0.25, -0.2) is 0 Å². The van der Waals surface area contributed by atoms with E-state index in [9.17, 15) is 14.4 Å². The summed E-state index contributed by atoms with van der Waals surface area (Å²) in [7, 11) is 0. The van der Waals surface area contributed by atoms with Crippen molar-refractivity contribution in [3.8, 4) is 11.1 Å². The average Bonchev–Trinajstić information content (AvgIpc) is 3.45. The molecule has 1 aliphatic carbocycles. The Hall–Kier alpha value is -3.93. The van der Waals surface area contributed by atoms with Crippen LogP contribution in [-0.4, -0.2) is 29.3 Å². The number of ether oxygens (including phenoxy) is 1. The first-order chi connectivity index (χ1) is 15.6. The number of rotatable bonds is 4. The van der Waals surface area contributed by atoms with Crippen LogP contribution >= 0.6 is 0 Å².